The van der Waals surface area contributed by atoms with Crippen LogP contribution in [0.3, 0.4) is 0 Å². The van der Waals surface area contributed by atoms with E-state index < -0.39 is 14.1 Å². The molecule has 1 rings (SSSR count). The lowest BCUT2D eigenvalue weighted by Gasteiger charge is -2.17. The maximum Gasteiger partial charge on any atom is 0.535 e. The second-order valence-corrected chi connectivity index (χ2v) is 5.55. The molecule has 6 nitrogen and oxygen atoms in total. The van der Waals surface area contributed by atoms with E-state index in [0.717, 1.165) is 0 Å². The van der Waals surface area contributed by atoms with Crippen molar-refractivity contribution in [1.29, 1.82) is 0 Å². The van der Waals surface area contributed by atoms with Gasteiger partial charge in [-0.3, -0.25) is 4.79 Å². The Bertz CT molecular complexity index is 279. The van der Waals surface area contributed by atoms with Gasteiger partial charge in [0.15, 0.2) is 0 Å². The van der Waals surface area contributed by atoms with E-state index in [4.69, 9.17) is 9.47 Å². The summed E-state index contributed by atoms with van der Waals surface area (Å²) < 4.78 is 23.9. The first-order chi connectivity index (χ1) is 8.00. The zero-order valence-electron chi connectivity index (χ0n) is 10.5. The third-order valence-electron chi connectivity index (χ3n) is 2.25. The number of morpholine rings is 1. The van der Waals surface area contributed by atoms with E-state index in [0.29, 0.717) is 26.3 Å². The van der Waals surface area contributed by atoms with Crippen LogP contribution < -0.4 is 5.09 Å². The second-order valence-electron chi connectivity index (χ2n) is 4.18. The Morgan fingerprint density at radius 3 is 2.47 bits per heavy atom. The Balaban J connectivity index is 2.36. The lowest BCUT2D eigenvalue weighted by molar-refractivity contribution is -0.148. The maximum atomic E-state index is 11.9. The van der Waals surface area contributed by atoms with E-state index in [9.17, 15) is 9.36 Å². The maximum absolute atomic E-state index is 11.9. The van der Waals surface area contributed by atoms with Crippen LogP contribution in [-0.2, 0) is 18.8 Å². The number of esters is 1. The predicted octanol–water partition coefficient (Wildman–Crippen LogP) is 0.906. The third-order valence-corrected chi connectivity index (χ3v) is 3.78. The highest BCUT2D eigenvalue weighted by molar-refractivity contribution is 7.39. The van der Waals surface area contributed by atoms with Gasteiger partial charge >= 0.3 is 14.1 Å². The number of nitrogens with one attached hydrogen (secondary N) is 1. The molecule has 0 aromatic rings. The van der Waals surface area contributed by atoms with Crippen LogP contribution in [0.4, 0.5) is 0 Å². The van der Waals surface area contributed by atoms with Gasteiger partial charge in [0.1, 0.15) is 6.04 Å². The van der Waals surface area contributed by atoms with Gasteiger partial charge in [-0.05, 0) is 25.3 Å². The molecule has 2 atom stereocenters. The largest absolute Gasteiger partial charge is 0.535 e. The molecular weight excluding hydrogens is 243 g/mol. The molecule has 0 amide bonds. The van der Waals surface area contributed by atoms with E-state index in [1.54, 1.807) is 25.4 Å². The normalized spacial score (nSPS) is 20.1. The van der Waals surface area contributed by atoms with Crippen LogP contribution >= 0.6 is 8.10 Å². The fourth-order valence-electron chi connectivity index (χ4n) is 1.37. The first-order valence-electron chi connectivity index (χ1n) is 5.77. The molecule has 0 saturated carbocycles. The van der Waals surface area contributed by atoms with Gasteiger partial charge < -0.3 is 9.47 Å². The number of nitrogens with zero attached hydrogens (tertiary/aromatic N) is 1. The minimum atomic E-state index is -1.74. The fraction of sp³-hybridized carbons (Fsp3) is 0.900. The van der Waals surface area contributed by atoms with E-state index in [1.165, 1.54) is 0 Å². The van der Waals surface area contributed by atoms with Gasteiger partial charge in [0.25, 0.3) is 0 Å². The molecule has 1 heterocycles. The van der Waals surface area contributed by atoms with Crippen LogP contribution in [0, 0.1) is 0 Å². The monoisotopic (exact) mass is 263 g/mol. The first kappa shape index (κ1) is 14.5. The van der Waals surface area contributed by atoms with Gasteiger partial charge in [-0.25, -0.2) is 0 Å². The van der Waals surface area contributed by atoms with Gasteiger partial charge in [-0.2, -0.15) is 0 Å². The SMILES string of the molecule is CC(C)OC(=O)C(C)N[P+](=O)N1CCOCC1. The summed E-state index contributed by atoms with van der Waals surface area (Å²) in [4.78, 5) is 11.5. The molecule has 1 N–H and O–H groups in total. The highest BCUT2D eigenvalue weighted by Gasteiger charge is 2.34. The van der Waals surface area contributed by atoms with Crippen LogP contribution in [-0.4, -0.2) is 49.1 Å². The number of hydrogen-bond acceptors (Lipinski definition) is 4. The molecule has 1 fully saturated rings. The van der Waals surface area contributed by atoms with E-state index in [2.05, 4.69) is 5.09 Å². The second kappa shape index (κ2) is 7.01. The highest BCUT2D eigenvalue weighted by atomic mass is 31.1. The van der Waals surface area contributed by atoms with Gasteiger partial charge in [-0.15, -0.1) is 0 Å². The first-order valence-corrected chi connectivity index (χ1v) is 6.98. The van der Waals surface area contributed by atoms with Crippen molar-refractivity contribution in [3.63, 3.8) is 0 Å². The van der Waals surface area contributed by atoms with Crippen molar-refractivity contribution in [3.8, 4) is 0 Å². The minimum absolute atomic E-state index is 0.159. The summed E-state index contributed by atoms with van der Waals surface area (Å²) in [5.74, 6) is -0.378. The summed E-state index contributed by atoms with van der Waals surface area (Å²) in [6.07, 6.45) is -0.159. The van der Waals surface area contributed by atoms with Crippen LogP contribution in [0.1, 0.15) is 20.8 Å². The molecule has 2 unspecified atom stereocenters. The lowest BCUT2D eigenvalue weighted by atomic mass is 10.4. The summed E-state index contributed by atoms with van der Waals surface area (Å²) in [6, 6.07) is -0.566. The molecule has 7 heteroatoms. The minimum Gasteiger partial charge on any atom is -0.462 e. The average Bonchev–Trinajstić information content (AvgIpc) is 2.29. The van der Waals surface area contributed by atoms with Gasteiger partial charge in [0.05, 0.1) is 32.4 Å². The van der Waals surface area contributed by atoms with Crippen molar-refractivity contribution in [3.05, 3.63) is 0 Å². The topological polar surface area (TPSA) is 67.9 Å². The highest BCUT2D eigenvalue weighted by Crippen LogP contribution is 2.24. The molecule has 98 valence electrons. The molecular formula is C10H20N2O4P+. The van der Waals surface area contributed by atoms with E-state index in [1.807, 2.05) is 0 Å². The lowest BCUT2D eigenvalue weighted by Crippen LogP contribution is -2.38. The Labute approximate surface area is 103 Å². The summed E-state index contributed by atoms with van der Waals surface area (Å²) in [7, 11) is -1.74. The molecule has 1 aliphatic rings. The summed E-state index contributed by atoms with van der Waals surface area (Å²) in [5, 5.41) is 2.76. The van der Waals surface area contributed by atoms with Gasteiger partial charge in [0.2, 0.25) is 0 Å². The third kappa shape index (κ3) is 5.08. The molecule has 0 aromatic heterocycles. The van der Waals surface area contributed by atoms with Crippen molar-refractivity contribution in [1.82, 2.24) is 9.76 Å². The molecule has 1 saturated heterocycles. The number of carbonyl (C=O) groups excluding carboxylic acids is 1. The predicted molar refractivity (Wildman–Crippen MR) is 63.8 cm³/mol. The number of ether oxygens (including phenoxy) is 2. The van der Waals surface area contributed by atoms with Crippen LogP contribution in [0.15, 0.2) is 0 Å². The zero-order valence-corrected chi connectivity index (χ0v) is 11.4. The fourth-order valence-corrected chi connectivity index (χ4v) is 2.50. The summed E-state index contributed by atoms with van der Waals surface area (Å²) >= 11 is 0. The van der Waals surface area contributed by atoms with E-state index in [-0.39, 0.29) is 12.1 Å². The molecule has 0 bridgehead atoms. The molecule has 1 aliphatic heterocycles. The van der Waals surface area contributed by atoms with E-state index >= 15 is 0 Å². The number of carbonyl (C=O) groups is 1. The Morgan fingerprint density at radius 2 is 1.94 bits per heavy atom. The van der Waals surface area contributed by atoms with Crippen molar-refractivity contribution in [2.24, 2.45) is 0 Å². The van der Waals surface area contributed by atoms with Crippen molar-refractivity contribution in [2.45, 2.75) is 32.9 Å². The van der Waals surface area contributed by atoms with Crippen molar-refractivity contribution in [2.75, 3.05) is 26.3 Å². The molecule has 0 aromatic carbocycles. The van der Waals surface area contributed by atoms with Crippen molar-refractivity contribution < 1.29 is 18.8 Å². The molecule has 0 spiro atoms. The molecule has 17 heavy (non-hydrogen) atoms. The smallest absolute Gasteiger partial charge is 0.462 e. The summed E-state index contributed by atoms with van der Waals surface area (Å²) in [6.45, 7) is 7.61. The Morgan fingerprint density at radius 1 is 1.35 bits per heavy atom. The van der Waals surface area contributed by atoms with Gasteiger partial charge in [-0.1, -0.05) is 9.76 Å². The number of hydrogen-bond donors (Lipinski definition) is 1. The van der Waals surface area contributed by atoms with Crippen molar-refractivity contribution >= 4 is 14.1 Å². The molecule has 0 aliphatic carbocycles. The van der Waals surface area contributed by atoms with Crippen LogP contribution in [0.2, 0.25) is 0 Å². The van der Waals surface area contributed by atoms with Gasteiger partial charge in [0, 0.05) is 0 Å². The molecule has 0 radical (unpaired) electrons. The number of rotatable bonds is 5. The summed E-state index contributed by atoms with van der Waals surface area (Å²) in [5.41, 5.74) is 0. The van der Waals surface area contributed by atoms with Crippen LogP contribution in [0.5, 0.6) is 0 Å². The van der Waals surface area contributed by atoms with Crippen LogP contribution in [0.25, 0.3) is 0 Å². The standard InChI is InChI=1S/C10H20N2O4P/c1-8(2)16-10(13)9(3)11-17(14)12-4-6-15-7-5-12/h8-9H,4-7H2,1-3H3,(H,11,14)/q+1. The quantitative estimate of drug-likeness (QED) is 0.587. The zero-order chi connectivity index (χ0) is 12.8. The Hall–Kier alpha value is -0.550. The average molecular weight is 263 g/mol. The Kier molecular flexibility index (Phi) is 5.98.